The molecular weight excluding hydrogens is 753 g/mol. The van der Waals surface area contributed by atoms with Crippen LogP contribution in [0.4, 0.5) is 9.59 Å². The molecule has 7 rings (SSSR count). The average Bonchev–Trinajstić information content (AvgIpc) is 4.02. The highest BCUT2D eigenvalue weighted by molar-refractivity contribution is 6.07. The van der Waals surface area contributed by atoms with Gasteiger partial charge in [0.1, 0.15) is 36.1 Å². The van der Waals surface area contributed by atoms with E-state index < -0.39 is 24.3 Å². The quantitative estimate of drug-likeness (QED) is 0.0983. The minimum atomic E-state index is -0.723. The molecule has 0 bridgehead atoms. The Morgan fingerprint density at radius 2 is 1.64 bits per heavy atom. The summed E-state index contributed by atoms with van der Waals surface area (Å²) in [5, 5.41) is 7.35. The lowest BCUT2D eigenvalue weighted by Crippen LogP contribution is -2.51. The van der Waals surface area contributed by atoms with Crippen LogP contribution in [-0.2, 0) is 25.7 Å². The highest BCUT2D eigenvalue weighted by Gasteiger charge is 2.40. The number of benzene rings is 3. The van der Waals surface area contributed by atoms with E-state index in [0.717, 1.165) is 74.8 Å². The molecule has 6 atom stereocenters. The standard InChI is InChI=1S/C44H54N8O7/c1-9-23(4)51(41(53)32(10-2)48-43(55)57-7)25(6)39-45-21-35(47-39)27-13-15-29-28(18-27)22-59-37-20-30-26(19-31(29)37)14-16-34-38(30)50-40(46-34)36-17-12-24(5)52(36)42(54)33(11-3)49-44(56)58-8/h13-16,18-21,23-25,32-33,36H,9-12,17,22H2,1-8H3,(H,45,47)(H,46,50)(H,48,55)(H,49,56)/t23-,24-,25-,32-,33-,36-/m0/s1. The molecule has 1 fully saturated rings. The third-order valence-corrected chi connectivity index (χ3v) is 12.0. The molecule has 5 aromatic rings. The fourth-order valence-corrected chi connectivity index (χ4v) is 8.51. The predicted molar refractivity (Wildman–Crippen MR) is 223 cm³/mol. The van der Waals surface area contributed by atoms with Gasteiger partial charge in [-0.3, -0.25) is 9.59 Å². The number of aromatic amines is 2. The number of carbonyl (C=O) groups excluding carboxylic acids is 4. The molecule has 0 spiro atoms. The van der Waals surface area contributed by atoms with Crippen molar-refractivity contribution in [2.45, 2.75) is 117 Å². The summed E-state index contributed by atoms with van der Waals surface area (Å²) in [6.45, 7) is 12.1. The number of nitrogens with one attached hydrogen (secondary N) is 4. The van der Waals surface area contributed by atoms with Crippen molar-refractivity contribution >= 4 is 45.8 Å². The Balaban J connectivity index is 1.14. The van der Waals surface area contributed by atoms with Crippen LogP contribution in [0.5, 0.6) is 5.75 Å². The van der Waals surface area contributed by atoms with Gasteiger partial charge in [0.05, 0.1) is 49.2 Å². The molecule has 4 heterocycles. The van der Waals surface area contributed by atoms with Crippen LogP contribution in [0.15, 0.2) is 48.7 Å². The summed E-state index contributed by atoms with van der Waals surface area (Å²) in [4.78, 5) is 71.9. The van der Waals surface area contributed by atoms with Gasteiger partial charge in [0.25, 0.3) is 0 Å². The van der Waals surface area contributed by atoms with Crippen LogP contribution in [0.3, 0.4) is 0 Å². The smallest absolute Gasteiger partial charge is 0.407 e. The molecule has 3 aromatic carbocycles. The number of hydrogen-bond donors (Lipinski definition) is 4. The number of likely N-dealkylation sites (tertiary alicyclic amines) is 1. The first-order valence-corrected chi connectivity index (χ1v) is 20.5. The molecule has 4 amide bonds. The van der Waals surface area contributed by atoms with Gasteiger partial charge in [-0.2, -0.15) is 0 Å². The minimum absolute atomic E-state index is 0.0154. The van der Waals surface area contributed by atoms with E-state index in [2.05, 4.69) is 57.0 Å². The van der Waals surface area contributed by atoms with Crippen LogP contribution >= 0.6 is 0 Å². The van der Waals surface area contributed by atoms with Crippen molar-refractivity contribution in [3.05, 3.63) is 65.9 Å². The zero-order chi connectivity index (χ0) is 42.1. The topological polar surface area (TPSA) is 184 Å². The van der Waals surface area contributed by atoms with Gasteiger partial charge < -0.3 is 44.6 Å². The fourth-order valence-electron chi connectivity index (χ4n) is 8.51. The minimum Gasteiger partial charge on any atom is -0.488 e. The lowest BCUT2D eigenvalue weighted by molar-refractivity contribution is -0.138. The Morgan fingerprint density at radius 3 is 2.34 bits per heavy atom. The van der Waals surface area contributed by atoms with Gasteiger partial charge in [0.15, 0.2) is 0 Å². The maximum atomic E-state index is 13.8. The van der Waals surface area contributed by atoms with Crippen molar-refractivity contribution in [3.8, 4) is 28.1 Å². The molecule has 2 aliphatic heterocycles. The Kier molecular flexibility index (Phi) is 11.8. The Bertz CT molecular complexity index is 2390. The second-order valence-electron chi connectivity index (χ2n) is 15.6. The highest BCUT2D eigenvalue weighted by Crippen LogP contribution is 2.43. The zero-order valence-corrected chi connectivity index (χ0v) is 35.0. The Hall–Kier alpha value is -6.12. The summed E-state index contributed by atoms with van der Waals surface area (Å²) in [7, 11) is 2.57. The number of aromatic nitrogens is 4. The number of ether oxygens (including phenoxy) is 3. The van der Waals surface area contributed by atoms with Crippen LogP contribution in [-0.4, -0.2) is 92.1 Å². The van der Waals surface area contributed by atoms with Gasteiger partial charge in [-0.15, -0.1) is 0 Å². The summed E-state index contributed by atoms with van der Waals surface area (Å²) in [6.07, 6.45) is 3.67. The highest BCUT2D eigenvalue weighted by atomic mass is 16.5. The second kappa shape index (κ2) is 17.0. The molecule has 59 heavy (non-hydrogen) atoms. The zero-order valence-electron chi connectivity index (χ0n) is 35.0. The number of nitrogens with zero attached hydrogens (tertiary/aromatic N) is 4. The largest absolute Gasteiger partial charge is 0.488 e. The molecule has 2 aromatic heterocycles. The van der Waals surface area contributed by atoms with E-state index in [1.54, 1.807) is 11.1 Å². The maximum Gasteiger partial charge on any atom is 0.407 e. The van der Waals surface area contributed by atoms with Crippen molar-refractivity contribution in [1.82, 2.24) is 40.4 Å². The third-order valence-electron chi connectivity index (χ3n) is 12.0. The number of fused-ring (bicyclic) bond motifs is 6. The normalized spacial score (nSPS) is 17.9. The Morgan fingerprint density at radius 1 is 0.915 bits per heavy atom. The number of amides is 4. The molecule has 15 nitrogen and oxygen atoms in total. The maximum absolute atomic E-state index is 13.8. The second-order valence-corrected chi connectivity index (χ2v) is 15.6. The molecule has 2 aliphatic rings. The van der Waals surface area contributed by atoms with Crippen LogP contribution in [0, 0.1) is 0 Å². The SMILES string of the molecule is CC[C@H](NC(=O)OC)C(=O)N([C@@H](C)CC)[C@@H](C)c1ncc(-c2ccc3c(c2)COc2cc4c(ccc5nc([C@@H]6CC[C@H](C)N6C(=O)[C@H](CC)NC(=O)OC)[nH]c54)cc2-3)[nH]1. The number of alkyl carbamates (subject to hydrolysis) is 2. The van der Waals surface area contributed by atoms with Gasteiger partial charge in [0, 0.05) is 23.0 Å². The number of H-pyrrole nitrogens is 2. The van der Waals surface area contributed by atoms with Crippen molar-refractivity contribution in [1.29, 1.82) is 0 Å². The van der Waals surface area contributed by atoms with E-state index in [-0.39, 0.29) is 36.0 Å². The monoisotopic (exact) mass is 806 g/mol. The van der Waals surface area contributed by atoms with E-state index in [1.165, 1.54) is 14.2 Å². The van der Waals surface area contributed by atoms with Gasteiger partial charge >= 0.3 is 12.2 Å². The first-order valence-electron chi connectivity index (χ1n) is 20.5. The van der Waals surface area contributed by atoms with Gasteiger partial charge in [-0.05, 0) is 99.2 Å². The lowest BCUT2D eigenvalue weighted by atomic mass is 9.92. The van der Waals surface area contributed by atoms with Crippen LogP contribution in [0.1, 0.15) is 103 Å². The molecule has 1 saturated heterocycles. The van der Waals surface area contributed by atoms with Crippen molar-refractivity contribution in [2.75, 3.05) is 14.2 Å². The van der Waals surface area contributed by atoms with Crippen molar-refractivity contribution in [3.63, 3.8) is 0 Å². The third kappa shape index (κ3) is 7.77. The number of imidazole rings is 2. The molecule has 0 aliphatic carbocycles. The molecule has 0 saturated carbocycles. The number of carbonyl (C=O) groups is 4. The van der Waals surface area contributed by atoms with E-state index in [9.17, 15) is 19.2 Å². The molecule has 0 radical (unpaired) electrons. The van der Waals surface area contributed by atoms with Crippen molar-refractivity contribution in [2.24, 2.45) is 0 Å². The van der Waals surface area contributed by atoms with E-state index in [0.29, 0.717) is 31.1 Å². The van der Waals surface area contributed by atoms with Crippen LogP contribution in [0.2, 0.25) is 0 Å². The van der Waals surface area contributed by atoms with Gasteiger partial charge in [-0.25, -0.2) is 19.6 Å². The van der Waals surface area contributed by atoms with Gasteiger partial charge in [-0.1, -0.05) is 39.0 Å². The molecule has 0 unspecified atom stereocenters. The molecule has 312 valence electrons. The molecular formula is C44H54N8O7. The average molecular weight is 807 g/mol. The summed E-state index contributed by atoms with van der Waals surface area (Å²) >= 11 is 0. The summed E-state index contributed by atoms with van der Waals surface area (Å²) in [6, 6.07) is 12.4. The number of hydrogen-bond acceptors (Lipinski definition) is 9. The van der Waals surface area contributed by atoms with E-state index >= 15 is 0 Å². The molecule has 4 N–H and O–H groups in total. The van der Waals surface area contributed by atoms with E-state index in [4.69, 9.17) is 24.2 Å². The van der Waals surface area contributed by atoms with Gasteiger partial charge in [0.2, 0.25) is 11.8 Å². The fraction of sp³-hybridized carbons (Fsp3) is 0.455. The first-order chi connectivity index (χ1) is 28.4. The summed E-state index contributed by atoms with van der Waals surface area (Å²) in [5.41, 5.74) is 6.53. The first kappa shape index (κ1) is 41.1. The summed E-state index contributed by atoms with van der Waals surface area (Å²) < 4.78 is 15.9. The molecule has 15 heteroatoms. The van der Waals surface area contributed by atoms with Crippen LogP contribution < -0.4 is 15.4 Å². The summed E-state index contributed by atoms with van der Waals surface area (Å²) in [5.74, 6) is 1.78. The Labute approximate surface area is 343 Å². The van der Waals surface area contributed by atoms with Crippen molar-refractivity contribution < 1.29 is 33.4 Å². The predicted octanol–water partition coefficient (Wildman–Crippen LogP) is 7.67. The number of methoxy groups -OCH3 is 2. The van der Waals surface area contributed by atoms with Crippen LogP contribution in [0.25, 0.3) is 44.2 Å². The lowest BCUT2D eigenvalue weighted by Gasteiger charge is -2.36. The number of rotatable bonds is 12. The van der Waals surface area contributed by atoms with E-state index in [1.807, 2.05) is 52.5 Å².